The zero-order chi connectivity index (χ0) is 17.2. The van der Waals surface area contributed by atoms with Crippen molar-refractivity contribution in [1.82, 2.24) is 4.57 Å². The summed E-state index contributed by atoms with van der Waals surface area (Å²) in [6.45, 7) is 2.71. The molecule has 0 aliphatic carbocycles. The maximum atomic E-state index is 13.3. The highest BCUT2D eigenvalue weighted by Crippen LogP contribution is 2.37. The van der Waals surface area contributed by atoms with Crippen molar-refractivity contribution >= 4 is 11.6 Å². The van der Waals surface area contributed by atoms with Gasteiger partial charge in [-0.25, -0.2) is 0 Å². The van der Waals surface area contributed by atoms with Gasteiger partial charge in [-0.05, 0) is 37.3 Å². The molecule has 0 bridgehead atoms. The molecule has 25 heavy (non-hydrogen) atoms. The molecule has 0 saturated heterocycles. The summed E-state index contributed by atoms with van der Waals surface area (Å²) in [4.78, 5) is 15.1. The molecule has 4 rings (SSSR count). The SMILES string of the molecule is CCN(C(=O)c1cc2c(cc1-n1cccc1)OCO2)c1ccccc1. The topological polar surface area (TPSA) is 43.7 Å². The summed E-state index contributed by atoms with van der Waals surface area (Å²) >= 11 is 0. The first kappa shape index (κ1) is 15.3. The Labute approximate surface area is 146 Å². The Kier molecular flexibility index (Phi) is 3.90. The van der Waals surface area contributed by atoms with E-state index < -0.39 is 0 Å². The Morgan fingerprint density at radius 2 is 1.72 bits per heavy atom. The number of fused-ring (bicyclic) bond motifs is 1. The number of benzene rings is 2. The van der Waals surface area contributed by atoms with Gasteiger partial charge in [0.1, 0.15) is 0 Å². The Hall–Kier alpha value is -3.21. The smallest absolute Gasteiger partial charge is 0.260 e. The molecule has 0 N–H and O–H groups in total. The van der Waals surface area contributed by atoms with Gasteiger partial charge in [-0.3, -0.25) is 4.79 Å². The van der Waals surface area contributed by atoms with Crippen molar-refractivity contribution in [3.8, 4) is 17.2 Å². The lowest BCUT2D eigenvalue weighted by atomic mass is 10.1. The second-order valence-corrected chi connectivity index (χ2v) is 5.70. The average molecular weight is 334 g/mol. The first-order valence-corrected chi connectivity index (χ1v) is 8.22. The molecule has 1 aliphatic heterocycles. The lowest BCUT2D eigenvalue weighted by molar-refractivity contribution is 0.0988. The van der Waals surface area contributed by atoms with Crippen LogP contribution >= 0.6 is 0 Å². The minimum absolute atomic E-state index is 0.0734. The number of hydrogen-bond acceptors (Lipinski definition) is 3. The molecule has 0 unspecified atom stereocenters. The average Bonchev–Trinajstić information content (AvgIpc) is 3.33. The monoisotopic (exact) mass is 334 g/mol. The summed E-state index contributed by atoms with van der Waals surface area (Å²) < 4.78 is 12.9. The van der Waals surface area contributed by atoms with E-state index in [1.807, 2.05) is 72.4 Å². The number of aromatic nitrogens is 1. The van der Waals surface area contributed by atoms with Crippen LogP contribution in [0.5, 0.6) is 11.5 Å². The second-order valence-electron chi connectivity index (χ2n) is 5.70. The molecule has 126 valence electrons. The van der Waals surface area contributed by atoms with E-state index >= 15 is 0 Å². The van der Waals surface area contributed by atoms with Crippen LogP contribution in [0.2, 0.25) is 0 Å². The van der Waals surface area contributed by atoms with Gasteiger partial charge in [-0.2, -0.15) is 0 Å². The van der Waals surface area contributed by atoms with Crippen LogP contribution in [0.3, 0.4) is 0 Å². The summed E-state index contributed by atoms with van der Waals surface area (Å²) in [5.74, 6) is 1.18. The highest BCUT2D eigenvalue weighted by atomic mass is 16.7. The fraction of sp³-hybridized carbons (Fsp3) is 0.150. The van der Waals surface area contributed by atoms with Gasteiger partial charge in [0.05, 0.1) is 11.3 Å². The molecule has 3 aromatic rings. The largest absolute Gasteiger partial charge is 0.454 e. The molecular formula is C20H18N2O3. The van der Waals surface area contributed by atoms with Crippen LogP contribution in [0.15, 0.2) is 67.0 Å². The lowest BCUT2D eigenvalue weighted by Gasteiger charge is -2.23. The fourth-order valence-corrected chi connectivity index (χ4v) is 3.01. The molecule has 0 saturated carbocycles. The Bertz CT molecular complexity index is 889. The Balaban J connectivity index is 1.82. The zero-order valence-corrected chi connectivity index (χ0v) is 13.9. The van der Waals surface area contributed by atoms with Crippen molar-refractivity contribution in [2.75, 3.05) is 18.2 Å². The number of ether oxygens (including phenoxy) is 2. The third-order valence-corrected chi connectivity index (χ3v) is 4.23. The zero-order valence-electron chi connectivity index (χ0n) is 13.9. The van der Waals surface area contributed by atoms with Crippen LogP contribution in [-0.2, 0) is 0 Å². The van der Waals surface area contributed by atoms with Crippen LogP contribution in [0.4, 0.5) is 5.69 Å². The van der Waals surface area contributed by atoms with Crippen molar-refractivity contribution in [1.29, 1.82) is 0 Å². The molecule has 5 nitrogen and oxygen atoms in total. The van der Waals surface area contributed by atoms with E-state index in [2.05, 4.69) is 0 Å². The highest BCUT2D eigenvalue weighted by Gasteiger charge is 2.25. The molecule has 0 spiro atoms. The molecule has 2 heterocycles. The first-order valence-electron chi connectivity index (χ1n) is 8.22. The van der Waals surface area contributed by atoms with E-state index in [0.29, 0.717) is 23.6 Å². The van der Waals surface area contributed by atoms with Gasteiger partial charge in [0, 0.05) is 30.7 Å². The minimum atomic E-state index is -0.0734. The van der Waals surface area contributed by atoms with Gasteiger partial charge < -0.3 is 18.9 Å². The standard InChI is InChI=1S/C20H18N2O3/c1-2-22(15-8-4-3-5-9-15)20(23)16-12-18-19(25-14-24-18)13-17(16)21-10-6-7-11-21/h3-13H,2,14H2,1H3. The number of amides is 1. The van der Waals surface area contributed by atoms with Gasteiger partial charge in [0.25, 0.3) is 5.91 Å². The summed E-state index contributed by atoms with van der Waals surface area (Å²) in [5.41, 5.74) is 2.21. The summed E-state index contributed by atoms with van der Waals surface area (Å²) in [6.07, 6.45) is 3.82. The van der Waals surface area contributed by atoms with Gasteiger partial charge >= 0.3 is 0 Å². The van der Waals surface area contributed by atoms with Crippen molar-refractivity contribution in [2.45, 2.75) is 6.92 Å². The lowest BCUT2D eigenvalue weighted by Crippen LogP contribution is -2.31. The molecule has 5 heteroatoms. The van der Waals surface area contributed by atoms with Crippen molar-refractivity contribution in [3.05, 3.63) is 72.6 Å². The number of para-hydroxylation sites is 1. The van der Waals surface area contributed by atoms with Gasteiger partial charge in [0.15, 0.2) is 11.5 Å². The van der Waals surface area contributed by atoms with E-state index in [0.717, 1.165) is 11.4 Å². The molecule has 1 amide bonds. The Morgan fingerprint density at radius 3 is 2.40 bits per heavy atom. The molecule has 0 radical (unpaired) electrons. The predicted octanol–water partition coefficient (Wildman–Crippen LogP) is 3.87. The van der Waals surface area contributed by atoms with Gasteiger partial charge in [-0.15, -0.1) is 0 Å². The summed E-state index contributed by atoms with van der Waals surface area (Å²) in [5, 5.41) is 0. The minimum Gasteiger partial charge on any atom is -0.454 e. The van der Waals surface area contributed by atoms with E-state index in [1.165, 1.54) is 0 Å². The second kappa shape index (κ2) is 6.36. The molecule has 1 aliphatic rings. The molecule has 1 aromatic heterocycles. The summed E-state index contributed by atoms with van der Waals surface area (Å²) in [7, 11) is 0. The number of hydrogen-bond donors (Lipinski definition) is 0. The Morgan fingerprint density at radius 1 is 1.04 bits per heavy atom. The maximum absolute atomic E-state index is 13.3. The number of nitrogens with zero attached hydrogens (tertiary/aromatic N) is 2. The third-order valence-electron chi connectivity index (χ3n) is 4.23. The number of carbonyl (C=O) groups excluding carboxylic acids is 1. The van der Waals surface area contributed by atoms with Crippen molar-refractivity contribution in [2.24, 2.45) is 0 Å². The molecular weight excluding hydrogens is 316 g/mol. The molecule has 2 aromatic carbocycles. The van der Waals surface area contributed by atoms with Crippen LogP contribution in [0.25, 0.3) is 5.69 Å². The number of anilines is 1. The third kappa shape index (κ3) is 2.74. The van der Waals surface area contributed by atoms with Crippen LogP contribution in [0.1, 0.15) is 17.3 Å². The van der Waals surface area contributed by atoms with Crippen molar-refractivity contribution < 1.29 is 14.3 Å². The van der Waals surface area contributed by atoms with E-state index in [4.69, 9.17) is 9.47 Å². The summed E-state index contributed by atoms with van der Waals surface area (Å²) in [6, 6.07) is 17.1. The van der Waals surface area contributed by atoms with Crippen molar-refractivity contribution in [3.63, 3.8) is 0 Å². The van der Waals surface area contributed by atoms with Crippen LogP contribution in [-0.4, -0.2) is 23.8 Å². The fourth-order valence-electron chi connectivity index (χ4n) is 3.01. The van der Waals surface area contributed by atoms with Gasteiger partial charge in [-0.1, -0.05) is 18.2 Å². The number of carbonyl (C=O) groups is 1. The van der Waals surface area contributed by atoms with E-state index in [-0.39, 0.29) is 12.7 Å². The molecule has 0 atom stereocenters. The van der Waals surface area contributed by atoms with E-state index in [1.54, 1.807) is 11.0 Å². The predicted molar refractivity (Wildman–Crippen MR) is 95.7 cm³/mol. The quantitative estimate of drug-likeness (QED) is 0.727. The highest BCUT2D eigenvalue weighted by molar-refractivity contribution is 6.09. The number of rotatable bonds is 4. The van der Waals surface area contributed by atoms with Gasteiger partial charge in [0.2, 0.25) is 6.79 Å². The normalized spacial score (nSPS) is 12.2. The van der Waals surface area contributed by atoms with E-state index in [9.17, 15) is 4.79 Å². The van der Waals surface area contributed by atoms with Crippen LogP contribution < -0.4 is 14.4 Å². The first-order chi connectivity index (χ1) is 12.3. The van der Waals surface area contributed by atoms with Crippen LogP contribution in [0, 0.1) is 0 Å². The molecule has 0 fully saturated rings. The maximum Gasteiger partial charge on any atom is 0.260 e.